The Morgan fingerprint density at radius 3 is 2.74 bits per heavy atom. The summed E-state index contributed by atoms with van der Waals surface area (Å²) >= 11 is 0. The fraction of sp³-hybridized carbons (Fsp3) is 0.286. The Bertz CT molecular complexity index is 600. The summed E-state index contributed by atoms with van der Waals surface area (Å²) in [6, 6.07) is 5.81. The van der Waals surface area contributed by atoms with Crippen LogP contribution in [0.15, 0.2) is 30.6 Å². The van der Waals surface area contributed by atoms with Crippen LogP contribution in [0.3, 0.4) is 0 Å². The molecule has 0 aliphatic carbocycles. The van der Waals surface area contributed by atoms with E-state index >= 15 is 0 Å². The van der Waals surface area contributed by atoms with Crippen LogP contribution in [-0.2, 0) is 13.6 Å². The molecule has 0 saturated carbocycles. The minimum atomic E-state index is 0.0985. The van der Waals surface area contributed by atoms with Crippen molar-refractivity contribution < 1.29 is 0 Å². The fourth-order valence-corrected chi connectivity index (χ4v) is 2.10. The average molecular weight is 257 g/mol. The van der Waals surface area contributed by atoms with Gasteiger partial charge in [0, 0.05) is 37.7 Å². The third kappa shape index (κ3) is 2.76. The van der Waals surface area contributed by atoms with Crippen molar-refractivity contribution in [1.29, 1.82) is 5.41 Å². The second kappa shape index (κ2) is 5.14. The van der Waals surface area contributed by atoms with E-state index in [1.54, 1.807) is 6.20 Å². The first-order valence-corrected chi connectivity index (χ1v) is 6.11. The largest absolute Gasteiger partial charge is 0.384 e. The van der Waals surface area contributed by atoms with Gasteiger partial charge in [0.15, 0.2) is 0 Å². The number of rotatable bonds is 4. The fourth-order valence-electron chi connectivity index (χ4n) is 2.10. The maximum absolute atomic E-state index is 7.45. The minimum Gasteiger partial charge on any atom is -0.384 e. The predicted octanol–water partition coefficient (Wildman–Crippen LogP) is 1.65. The van der Waals surface area contributed by atoms with Gasteiger partial charge < -0.3 is 15.2 Å². The molecular formula is C14H19N5. The number of anilines is 1. The van der Waals surface area contributed by atoms with E-state index in [1.165, 1.54) is 0 Å². The molecule has 0 bridgehead atoms. The van der Waals surface area contributed by atoms with Crippen LogP contribution >= 0.6 is 0 Å². The lowest BCUT2D eigenvalue weighted by atomic mass is 10.1. The zero-order valence-electron chi connectivity index (χ0n) is 11.5. The summed E-state index contributed by atoms with van der Waals surface area (Å²) in [6.07, 6.45) is 3.74. The van der Waals surface area contributed by atoms with E-state index in [-0.39, 0.29) is 5.84 Å². The smallest absolute Gasteiger partial charge is 0.127 e. The highest BCUT2D eigenvalue weighted by Gasteiger charge is 2.09. The second-order valence-corrected chi connectivity index (χ2v) is 4.73. The molecule has 5 nitrogen and oxygen atoms in total. The number of hydrogen-bond acceptors (Lipinski definition) is 3. The Morgan fingerprint density at radius 2 is 2.21 bits per heavy atom. The Balaban J connectivity index is 2.22. The van der Waals surface area contributed by atoms with Gasteiger partial charge in [0.2, 0.25) is 0 Å². The van der Waals surface area contributed by atoms with Crippen LogP contribution in [0.25, 0.3) is 0 Å². The van der Waals surface area contributed by atoms with Crippen LogP contribution in [0.2, 0.25) is 0 Å². The maximum Gasteiger partial charge on any atom is 0.127 e. The maximum atomic E-state index is 7.45. The molecule has 1 aromatic carbocycles. The van der Waals surface area contributed by atoms with Gasteiger partial charge in [-0.05, 0) is 30.7 Å². The molecular weight excluding hydrogens is 238 g/mol. The summed E-state index contributed by atoms with van der Waals surface area (Å²) in [5.41, 5.74) is 8.47. The number of aryl methyl sites for hydroxylation is 2. The number of aromatic nitrogens is 2. The molecule has 3 N–H and O–H groups in total. The minimum absolute atomic E-state index is 0.0985. The van der Waals surface area contributed by atoms with Crippen molar-refractivity contribution in [2.75, 3.05) is 11.9 Å². The molecule has 0 saturated heterocycles. The summed E-state index contributed by atoms with van der Waals surface area (Å²) in [6.45, 7) is 2.76. The third-order valence-electron chi connectivity index (χ3n) is 3.22. The van der Waals surface area contributed by atoms with Gasteiger partial charge >= 0.3 is 0 Å². The zero-order chi connectivity index (χ0) is 14.0. The number of nitrogens with two attached hydrogens (primary N) is 1. The second-order valence-electron chi connectivity index (χ2n) is 4.73. The Morgan fingerprint density at radius 1 is 1.47 bits per heavy atom. The SMILES string of the molecule is Cc1cc(C(=N)N)ccc1N(C)Cc1nccn1C. The molecule has 19 heavy (non-hydrogen) atoms. The first kappa shape index (κ1) is 13.1. The number of imidazole rings is 1. The molecule has 0 radical (unpaired) electrons. The Kier molecular flexibility index (Phi) is 3.55. The molecule has 0 atom stereocenters. The first-order valence-electron chi connectivity index (χ1n) is 6.11. The van der Waals surface area contributed by atoms with E-state index in [2.05, 4.69) is 9.88 Å². The van der Waals surface area contributed by atoms with Gasteiger partial charge in [-0.1, -0.05) is 0 Å². The van der Waals surface area contributed by atoms with Crippen LogP contribution in [0.1, 0.15) is 17.0 Å². The average Bonchev–Trinajstić information content (AvgIpc) is 2.74. The monoisotopic (exact) mass is 257 g/mol. The van der Waals surface area contributed by atoms with Crippen LogP contribution in [-0.4, -0.2) is 22.4 Å². The molecule has 0 fully saturated rings. The molecule has 0 unspecified atom stereocenters. The number of nitrogens with one attached hydrogen (secondary N) is 1. The van der Waals surface area contributed by atoms with E-state index in [0.717, 1.165) is 29.2 Å². The molecule has 1 heterocycles. The van der Waals surface area contributed by atoms with E-state index in [9.17, 15) is 0 Å². The number of amidine groups is 1. The summed E-state index contributed by atoms with van der Waals surface area (Å²) < 4.78 is 2.01. The summed E-state index contributed by atoms with van der Waals surface area (Å²) in [4.78, 5) is 6.46. The van der Waals surface area contributed by atoms with Crippen molar-refractivity contribution >= 4 is 11.5 Å². The molecule has 0 aliphatic heterocycles. The standard InChI is InChI=1S/C14H19N5/c1-10-8-11(14(15)16)4-5-12(10)19(3)9-13-17-6-7-18(13)2/h4-8H,9H2,1-3H3,(H3,15,16). The van der Waals surface area contributed by atoms with Crippen LogP contribution in [0, 0.1) is 12.3 Å². The van der Waals surface area contributed by atoms with E-state index in [4.69, 9.17) is 11.1 Å². The summed E-state index contributed by atoms with van der Waals surface area (Å²) in [7, 11) is 4.02. The molecule has 100 valence electrons. The first-order chi connectivity index (χ1) is 8.99. The molecule has 5 heteroatoms. The third-order valence-corrected chi connectivity index (χ3v) is 3.22. The number of benzene rings is 1. The molecule has 0 aliphatic rings. The van der Waals surface area contributed by atoms with Crippen molar-refractivity contribution in [3.63, 3.8) is 0 Å². The lowest BCUT2D eigenvalue weighted by molar-refractivity contribution is 0.760. The number of nitrogen functional groups attached to an aromatic ring is 1. The van der Waals surface area contributed by atoms with Crippen molar-refractivity contribution in [2.24, 2.45) is 12.8 Å². The van der Waals surface area contributed by atoms with Gasteiger partial charge in [0.1, 0.15) is 11.7 Å². The number of nitrogens with zero attached hydrogens (tertiary/aromatic N) is 3. The van der Waals surface area contributed by atoms with Crippen molar-refractivity contribution in [2.45, 2.75) is 13.5 Å². The Hall–Kier alpha value is -2.30. The van der Waals surface area contributed by atoms with E-state index < -0.39 is 0 Å². The predicted molar refractivity (Wildman–Crippen MR) is 77.5 cm³/mol. The van der Waals surface area contributed by atoms with Crippen molar-refractivity contribution in [1.82, 2.24) is 9.55 Å². The van der Waals surface area contributed by atoms with Crippen molar-refractivity contribution in [3.8, 4) is 0 Å². The van der Waals surface area contributed by atoms with Crippen LogP contribution in [0.5, 0.6) is 0 Å². The summed E-state index contributed by atoms with van der Waals surface area (Å²) in [5, 5.41) is 7.45. The van der Waals surface area contributed by atoms with Gasteiger partial charge in [-0.15, -0.1) is 0 Å². The molecule has 2 rings (SSSR count). The molecule has 2 aromatic rings. The zero-order valence-corrected chi connectivity index (χ0v) is 11.5. The van der Waals surface area contributed by atoms with E-state index in [1.807, 2.05) is 50.0 Å². The lowest BCUT2D eigenvalue weighted by Gasteiger charge is -2.21. The molecule has 0 amide bonds. The van der Waals surface area contributed by atoms with Gasteiger partial charge in [-0.3, -0.25) is 5.41 Å². The Labute approximate surface area is 113 Å². The highest BCUT2D eigenvalue weighted by atomic mass is 15.2. The quantitative estimate of drug-likeness (QED) is 0.646. The van der Waals surface area contributed by atoms with Crippen LogP contribution < -0.4 is 10.6 Å². The highest BCUT2D eigenvalue weighted by Crippen LogP contribution is 2.21. The van der Waals surface area contributed by atoms with Crippen LogP contribution in [0.4, 0.5) is 5.69 Å². The normalized spacial score (nSPS) is 10.5. The molecule has 0 spiro atoms. The lowest BCUT2D eigenvalue weighted by Crippen LogP contribution is -2.20. The van der Waals surface area contributed by atoms with Gasteiger partial charge in [-0.2, -0.15) is 0 Å². The van der Waals surface area contributed by atoms with Gasteiger partial charge in [-0.25, -0.2) is 4.98 Å². The molecule has 1 aromatic heterocycles. The van der Waals surface area contributed by atoms with Gasteiger partial charge in [0.05, 0.1) is 6.54 Å². The summed E-state index contributed by atoms with van der Waals surface area (Å²) in [5.74, 6) is 1.11. The topological polar surface area (TPSA) is 70.9 Å². The van der Waals surface area contributed by atoms with Gasteiger partial charge in [0.25, 0.3) is 0 Å². The van der Waals surface area contributed by atoms with E-state index in [0.29, 0.717) is 0 Å². The van der Waals surface area contributed by atoms with Crippen molar-refractivity contribution in [3.05, 3.63) is 47.5 Å². The highest BCUT2D eigenvalue weighted by molar-refractivity contribution is 5.95. The number of hydrogen-bond donors (Lipinski definition) is 2.